The lowest BCUT2D eigenvalue weighted by atomic mass is 10.1. The average Bonchev–Trinajstić information content (AvgIpc) is 3.25. The van der Waals surface area contributed by atoms with E-state index < -0.39 is 32.5 Å². The molecule has 0 heterocycles. The topological polar surface area (TPSA) is 86.5 Å². The summed E-state index contributed by atoms with van der Waals surface area (Å²) in [4.78, 5) is 12.6. The average molecular weight is 459 g/mol. The molecule has 0 spiro atoms. The first-order valence-electron chi connectivity index (χ1n) is 7.94. The van der Waals surface area contributed by atoms with Gasteiger partial charge in [-0.15, -0.1) is 0 Å². The van der Waals surface area contributed by atoms with Crippen molar-refractivity contribution >= 4 is 43.3 Å². The van der Waals surface area contributed by atoms with Crippen molar-refractivity contribution in [2.45, 2.75) is 28.5 Å². The van der Waals surface area contributed by atoms with E-state index in [-0.39, 0.29) is 11.5 Å². The summed E-state index contributed by atoms with van der Waals surface area (Å²) >= 11 is 9.19. The van der Waals surface area contributed by atoms with Gasteiger partial charge in [0.1, 0.15) is 10.8 Å². The van der Waals surface area contributed by atoms with Crippen molar-refractivity contribution in [2.75, 3.05) is 6.61 Å². The molecule has 2 aromatic rings. The van der Waals surface area contributed by atoms with E-state index >= 15 is 0 Å². The van der Waals surface area contributed by atoms with Crippen molar-refractivity contribution in [3.8, 4) is 0 Å². The standard InChI is InChI=1S/C18H17BrClNO4S/c1-2-25-17(22)18(21)15(11-3-5-12(19)6-4-11)16(18)26(23,24)14-9-7-13(20)8-10-14/h3-10,15-16H,2,21H2,1H3/t15-,16-,18+/m0/s1. The van der Waals surface area contributed by atoms with Crippen LogP contribution in [0.2, 0.25) is 5.02 Å². The zero-order valence-corrected chi connectivity index (χ0v) is 17.0. The van der Waals surface area contributed by atoms with Crippen molar-refractivity contribution in [3.05, 3.63) is 63.6 Å². The highest BCUT2D eigenvalue weighted by molar-refractivity contribution is 9.10. The van der Waals surface area contributed by atoms with E-state index in [4.69, 9.17) is 22.1 Å². The van der Waals surface area contributed by atoms with Gasteiger partial charge < -0.3 is 10.5 Å². The Morgan fingerprint density at radius 3 is 2.31 bits per heavy atom. The molecule has 1 fully saturated rings. The molecule has 1 aliphatic carbocycles. The number of benzene rings is 2. The molecule has 0 aliphatic heterocycles. The summed E-state index contributed by atoms with van der Waals surface area (Å²) in [7, 11) is -3.86. The van der Waals surface area contributed by atoms with E-state index in [2.05, 4.69) is 15.9 Å². The number of rotatable bonds is 5. The van der Waals surface area contributed by atoms with Gasteiger partial charge in [-0.25, -0.2) is 13.2 Å². The van der Waals surface area contributed by atoms with Crippen LogP contribution >= 0.6 is 27.5 Å². The van der Waals surface area contributed by atoms with Crippen molar-refractivity contribution in [1.82, 2.24) is 0 Å². The molecule has 5 nitrogen and oxygen atoms in total. The maximum absolute atomic E-state index is 13.1. The predicted molar refractivity (Wildman–Crippen MR) is 103 cm³/mol. The highest BCUT2D eigenvalue weighted by atomic mass is 79.9. The van der Waals surface area contributed by atoms with Crippen molar-refractivity contribution in [1.29, 1.82) is 0 Å². The molecular formula is C18H17BrClNO4S. The first-order valence-corrected chi connectivity index (χ1v) is 10.7. The lowest BCUT2D eigenvalue weighted by Gasteiger charge is -2.11. The minimum Gasteiger partial charge on any atom is -0.465 e. The Bertz CT molecular complexity index is 931. The number of hydrogen-bond donors (Lipinski definition) is 1. The molecule has 0 aromatic heterocycles. The van der Waals surface area contributed by atoms with Gasteiger partial charge in [-0.3, -0.25) is 0 Å². The second-order valence-corrected chi connectivity index (χ2v) is 9.52. The Labute approximate surface area is 165 Å². The third-order valence-corrected chi connectivity index (χ3v) is 7.55. The Morgan fingerprint density at radius 2 is 1.77 bits per heavy atom. The van der Waals surface area contributed by atoms with Gasteiger partial charge in [0.2, 0.25) is 0 Å². The Morgan fingerprint density at radius 1 is 1.19 bits per heavy atom. The van der Waals surface area contributed by atoms with Gasteiger partial charge in [0, 0.05) is 15.4 Å². The number of carbonyl (C=O) groups excluding carboxylic acids is 1. The van der Waals surface area contributed by atoms with Crippen molar-refractivity contribution < 1.29 is 17.9 Å². The minimum atomic E-state index is -3.86. The maximum Gasteiger partial charge on any atom is 0.328 e. The van der Waals surface area contributed by atoms with E-state index in [1.54, 1.807) is 31.2 Å². The van der Waals surface area contributed by atoms with Crippen LogP contribution in [0.5, 0.6) is 0 Å². The van der Waals surface area contributed by atoms with Gasteiger partial charge in [-0.05, 0) is 48.9 Å². The third kappa shape index (κ3) is 3.17. The van der Waals surface area contributed by atoms with Crippen LogP contribution in [0, 0.1) is 0 Å². The Hall–Kier alpha value is -1.41. The molecule has 0 saturated heterocycles. The van der Waals surface area contributed by atoms with Gasteiger partial charge in [0.05, 0.1) is 11.5 Å². The second-order valence-electron chi connectivity index (χ2n) is 6.10. The van der Waals surface area contributed by atoms with Gasteiger partial charge in [0.25, 0.3) is 0 Å². The first kappa shape index (κ1) is 19.4. The van der Waals surface area contributed by atoms with Crippen LogP contribution in [0.3, 0.4) is 0 Å². The molecule has 0 amide bonds. The van der Waals surface area contributed by atoms with Crippen LogP contribution in [0.1, 0.15) is 18.4 Å². The van der Waals surface area contributed by atoms with Gasteiger partial charge >= 0.3 is 5.97 Å². The van der Waals surface area contributed by atoms with E-state index in [0.717, 1.165) is 4.47 Å². The molecule has 8 heteroatoms. The molecule has 2 N–H and O–H groups in total. The van der Waals surface area contributed by atoms with Crippen LogP contribution < -0.4 is 5.73 Å². The normalized spacial score (nSPS) is 24.9. The smallest absolute Gasteiger partial charge is 0.328 e. The third-order valence-electron chi connectivity index (χ3n) is 4.51. The van der Waals surface area contributed by atoms with E-state index in [1.165, 1.54) is 24.3 Å². The predicted octanol–water partition coefficient (Wildman–Crippen LogP) is 3.30. The molecule has 26 heavy (non-hydrogen) atoms. The highest BCUT2D eigenvalue weighted by Crippen LogP contribution is 2.56. The van der Waals surface area contributed by atoms with E-state index in [1.807, 2.05) is 0 Å². The summed E-state index contributed by atoms with van der Waals surface area (Å²) in [6.07, 6.45) is 0. The summed E-state index contributed by atoms with van der Waals surface area (Å²) in [6, 6.07) is 12.9. The molecule has 1 aliphatic rings. The second kappa shape index (κ2) is 6.96. The molecule has 0 unspecified atom stereocenters. The van der Waals surface area contributed by atoms with Crippen LogP contribution in [-0.2, 0) is 19.4 Å². The lowest BCUT2D eigenvalue weighted by molar-refractivity contribution is -0.145. The summed E-state index contributed by atoms with van der Waals surface area (Å²) in [5.41, 5.74) is 5.35. The van der Waals surface area contributed by atoms with Crippen LogP contribution in [0.15, 0.2) is 57.9 Å². The molecule has 1 saturated carbocycles. The van der Waals surface area contributed by atoms with E-state index in [0.29, 0.717) is 10.6 Å². The number of halogens is 2. The molecule has 3 rings (SSSR count). The molecule has 2 aromatic carbocycles. The van der Waals surface area contributed by atoms with Crippen LogP contribution in [0.4, 0.5) is 0 Å². The fourth-order valence-corrected chi connectivity index (χ4v) is 5.82. The number of hydrogen-bond acceptors (Lipinski definition) is 5. The molecule has 0 bridgehead atoms. The summed E-state index contributed by atoms with van der Waals surface area (Å²) in [5.74, 6) is -1.40. The van der Waals surface area contributed by atoms with Gasteiger partial charge in [-0.1, -0.05) is 39.7 Å². The SMILES string of the molecule is CCOC(=O)[C@@]1(N)[C@@H](c2ccc(Br)cc2)[C@@H]1S(=O)(=O)c1ccc(Cl)cc1. The summed E-state index contributed by atoms with van der Waals surface area (Å²) in [5, 5.41) is -0.676. The summed E-state index contributed by atoms with van der Waals surface area (Å²) < 4.78 is 32.2. The van der Waals surface area contributed by atoms with Crippen LogP contribution in [0.25, 0.3) is 0 Å². The maximum atomic E-state index is 13.1. The number of nitrogens with two attached hydrogens (primary N) is 1. The van der Waals surface area contributed by atoms with Crippen molar-refractivity contribution in [3.63, 3.8) is 0 Å². The quantitative estimate of drug-likeness (QED) is 0.695. The number of carbonyl (C=O) groups is 1. The Kier molecular flexibility index (Phi) is 5.18. The minimum absolute atomic E-state index is 0.0747. The monoisotopic (exact) mass is 457 g/mol. The fourth-order valence-electron chi connectivity index (χ4n) is 3.20. The highest BCUT2D eigenvalue weighted by Gasteiger charge is 2.74. The first-order chi connectivity index (χ1) is 12.2. The zero-order chi connectivity index (χ0) is 19.1. The number of sulfone groups is 1. The largest absolute Gasteiger partial charge is 0.465 e. The lowest BCUT2D eigenvalue weighted by Crippen LogP contribution is -2.41. The summed E-state index contributed by atoms with van der Waals surface area (Å²) in [6.45, 7) is 1.78. The molecule has 3 atom stereocenters. The van der Waals surface area contributed by atoms with Gasteiger partial charge in [-0.2, -0.15) is 0 Å². The van der Waals surface area contributed by atoms with Crippen molar-refractivity contribution in [2.24, 2.45) is 5.73 Å². The van der Waals surface area contributed by atoms with E-state index in [9.17, 15) is 13.2 Å². The molecule has 138 valence electrons. The van der Waals surface area contributed by atoms with Crippen LogP contribution in [-0.4, -0.2) is 31.8 Å². The van der Waals surface area contributed by atoms with Gasteiger partial charge in [0.15, 0.2) is 9.84 Å². The zero-order valence-electron chi connectivity index (χ0n) is 13.9. The Balaban J connectivity index is 2.06. The molecule has 0 radical (unpaired) electrons. The number of ether oxygens (including phenoxy) is 1. The molecular weight excluding hydrogens is 442 g/mol. The number of esters is 1. The fraction of sp³-hybridized carbons (Fsp3) is 0.278.